The minimum Gasteiger partial charge on any atom is -0.310 e. The first-order valence-corrected chi connectivity index (χ1v) is 15.4. The molecule has 1 aromatic heterocycles. The average molecular weight is 577 g/mol. The van der Waals surface area contributed by atoms with E-state index in [1.54, 1.807) is 0 Å². The highest BCUT2D eigenvalue weighted by Gasteiger charge is 2.16. The first-order valence-electron chi connectivity index (χ1n) is 15.4. The second-order valence-electron chi connectivity index (χ2n) is 11.6. The summed E-state index contributed by atoms with van der Waals surface area (Å²) in [5.74, 6) is 0. The Morgan fingerprint density at radius 1 is 0.378 bits per heavy atom. The van der Waals surface area contributed by atoms with E-state index in [2.05, 4.69) is 192 Å². The molecule has 0 spiro atoms. The van der Waals surface area contributed by atoms with Crippen molar-refractivity contribution < 1.29 is 0 Å². The number of fused-ring (bicyclic) bond motifs is 3. The maximum atomic E-state index is 2.38. The fourth-order valence-electron chi connectivity index (χ4n) is 6.41. The van der Waals surface area contributed by atoms with Gasteiger partial charge in [0.15, 0.2) is 0 Å². The summed E-state index contributed by atoms with van der Waals surface area (Å²) in [6.07, 6.45) is 0. The summed E-state index contributed by atoms with van der Waals surface area (Å²) in [4.78, 5) is 2.33. The molecule has 0 saturated heterocycles. The van der Waals surface area contributed by atoms with Crippen LogP contribution in [-0.2, 0) is 0 Å². The molecule has 2 heteroatoms. The highest BCUT2D eigenvalue weighted by molar-refractivity contribution is 6.10. The van der Waals surface area contributed by atoms with E-state index in [0.29, 0.717) is 0 Å². The predicted octanol–water partition coefficient (Wildman–Crippen LogP) is 11.9. The summed E-state index contributed by atoms with van der Waals surface area (Å²) in [5.41, 5.74) is 13.0. The fraction of sp³-hybridized carbons (Fsp3) is 0.0233. The number of hydrogen-bond donors (Lipinski definition) is 0. The third-order valence-electron chi connectivity index (χ3n) is 8.65. The van der Waals surface area contributed by atoms with Gasteiger partial charge in [-0.05, 0) is 95.9 Å². The van der Waals surface area contributed by atoms with Crippen LogP contribution in [0.2, 0.25) is 0 Å². The van der Waals surface area contributed by atoms with Gasteiger partial charge >= 0.3 is 0 Å². The first kappa shape index (κ1) is 26.7. The standard InChI is InChI=1S/C43H32N2/c1-31-19-24-38(25-20-31)45-42-18-9-8-17-40(42)41-30-35(23-28-43(41)45)34-13-10-16-39(29-34)44(36-14-6-3-7-15-36)37-26-21-33(22-27-37)32-11-4-2-5-12-32/h2-30H,1H3. The van der Waals surface area contributed by atoms with Crippen molar-refractivity contribution in [2.24, 2.45) is 0 Å². The number of aromatic nitrogens is 1. The summed E-state index contributed by atoms with van der Waals surface area (Å²) in [5, 5.41) is 2.51. The number of anilines is 3. The van der Waals surface area contributed by atoms with Gasteiger partial charge in [-0.15, -0.1) is 0 Å². The number of rotatable bonds is 6. The van der Waals surface area contributed by atoms with Crippen molar-refractivity contribution in [3.8, 4) is 27.9 Å². The van der Waals surface area contributed by atoms with E-state index in [0.717, 1.165) is 17.1 Å². The molecule has 7 aromatic carbocycles. The summed E-state index contributed by atoms with van der Waals surface area (Å²) in [7, 11) is 0. The minimum absolute atomic E-state index is 1.12. The summed E-state index contributed by atoms with van der Waals surface area (Å²) in [6, 6.07) is 63.3. The predicted molar refractivity (Wildman–Crippen MR) is 191 cm³/mol. The van der Waals surface area contributed by atoms with E-state index < -0.39 is 0 Å². The van der Waals surface area contributed by atoms with Gasteiger partial charge in [-0.1, -0.05) is 115 Å². The van der Waals surface area contributed by atoms with Crippen LogP contribution in [0.4, 0.5) is 17.1 Å². The monoisotopic (exact) mass is 576 g/mol. The Labute approximate surface area is 264 Å². The van der Waals surface area contributed by atoms with Crippen LogP contribution in [0.25, 0.3) is 49.7 Å². The molecule has 0 saturated carbocycles. The summed E-state index contributed by atoms with van der Waals surface area (Å²) in [6.45, 7) is 2.13. The average Bonchev–Trinajstić information content (AvgIpc) is 3.44. The maximum absolute atomic E-state index is 2.38. The first-order chi connectivity index (χ1) is 22.2. The molecule has 8 rings (SSSR count). The number of nitrogens with zero attached hydrogens (tertiary/aromatic N) is 2. The molecule has 0 aliphatic heterocycles. The minimum atomic E-state index is 1.12. The van der Waals surface area contributed by atoms with E-state index in [-0.39, 0.29) is 0 Å². The zero-order chi connectivity index (χ0) is 30.2. The largest absolute Gasteiger partial charge is 0.310 e. The molecule has 0 bridgehead atoms. The number of para-hydroxylation sites is 2. The van der Waals surface area contributed by atoms with Crippen LogP contribution in [0, 0.1) is 6.92 Å². The van der Waals surface area contributed by atoms with Crippen molar-refractivity contribution in [3.63, 3.8) is 0 Å². The van der Waals surface area contributed by atoms with Gasteiger partial charge in [-0.3, -0.25) is 0 Å². The second-order valence-corrected chi connectivity index (χ2v) is 11.6. The van der Waals surface area contributed by atoms with Crippen LogP contribution < -0.4 is 4.90 Å². The SMILES string of the molecule is Cc1ccc(-n2c3ccccc3c3cc(-c4cccc(N(c5ccccc5)c5ccc(-c6ccccc6)cc5)c4)ccc32)cc1. The molecule has 0 unspecified atom stereocenters. The zero-order valence-electron chi connectivity index (χ0n) is 25.1. The lowest BCUT2D eigenvalue weighted by atomic mass is 10.0. The highest BCUT2D eigenvalue weighted by atomic mass is 15.1. The molecule has 0 radical (unpaired) electrons. The molecular weight excluding hydrogens is 544 g/mol. The molecule has 0 fully saturated rings. The molecule has 0 N–H and O–H groups in total. The normalized spacial score (nSPS) is 11.2. The van der Waals surface area contributed by atoms with E-state index in [9.17, 15) is 0 Å². The Hall–Kier alpha value is -5.86. The smallest absolute Gasteiger partial charge is 0.0541 e. The van der Waals surface area contributed by atoms with Crippen molar-refractivity contribution in [1.82, 2.24) is 4.57 Å². The van der Waals surface area contributed by atoms with Gasteiger partial charge in [-0.25, -0.2) is 0 Å². The van der Waals surface area contributed by atoms with Crippen LogP contribution in [0.3, 0.4) is 0 Å². The lowest BCUT2D eigenvalue weighted by molar-refractivity contribution is 1.17. The fourth-order valence-corrected chi connectivity index (χ4v) is 6.41. The van der Waals surface area contributed by atoms with Crippen LogP contribution in [0.5, 0.6) is 0 Å². The van der Waals surface area contributed by atoms with Crippen LogP contribution in [0.1, 0.15) is 5.56 Å². The molecule has 45 heavy (non-hydrogen) atoms. The van der Waals surface area contributed by atoms with Crippen LogP contribution in [-0.4, -0.2) is 4.57 Å². The molecule has 214 valence electrons. The Morgan fingerprint density at radius 3 is 1.71 bits per heavy atom. The molecule has 1 heterocycles. The van der Waals surface area contributed by atoms with Gasteiger partial charge in [0.25, 0.3) is 0 Å². The molecule has 0 aliphatic rings. The van der Waals surface area contributed by atoms with Crippen LogP contribution in [0.15, 0.2) is 176 Å². The van der Waals surface area contributed by atoms with E-state index >= 15 is 0 Å². The van der Waals surface area contributed by atoms with Gasteiger partial charge in [0, 0.05) is 33.5 Å². The van der Waals surface area contributed by atoms with Crippen LogP contribution >= 0.6 is 0 Å². The van der Waals surface area contributed by atoms with Gasteiger partial charge in [0.2, 0.25) is 0 Å². The van der Waals surface area contributed by atoms with E-state index in [1.807, 2.05) is 0 Å². The number of hydrogen-bond acceptors (Lipinski definition) is 1. The molecule has 0 aliphatic carbocycles. The Morgan fingerprint density at radius 2 is 0.933 bits per heavy atom. The number of aryl methyl sites for hydroxylation is 1. The highest BCUT2D eigenvalue weighted by Crippen LogP contribution is 2.39. The molecule has 0 atom stereocenters. The van der Waals surface area contributed by atoms with Crippen molar-refractivity contribution in [3.05, 3.63) is 181 Å². The van der Waals surface area contributed by atoms with Gasteiger partial charge in [-0.2, -0.15) is 0 Å². The van der Waals surface area contributed by atoms with Crippen molar-refractivity contribution in [1.29, 1.82) is 0 Å². The Balaban J connectivity index is 1.23. The third kappa shape index (κ3) is 4.97. The topological polar surface area (TPSA) is 8.17 Å². The summed E-state index contributed by atoms with van der Waals surface area (Å²) >= 11 is 0. The third-order valence-corrected chi connectivity index (χ3v) is 8.65. The molecular formula is C43H32N2. The van der Waals surface area contributed by atoms with Gasteiger partial charge in [0.05, 0.1) is 11.0 Å². The van der Waals surface area contributed by atoms with Gasteiger partial charge < -0.3 is 9.47 Å². The lowest BCUT2D eigenvalue weighted by Crippen LogP contribution is -2.09. The van der Waals surface area contributed by atoms with Crippen molar-refractivity contribution in [2.75, 3.05) is 4.90 Å². The molecule has 8 aromatic rings. The quantitative estimate of drug-likeness (QED) is 0.191. The second kappa shape index (κ2) is 11.3. The zero-order valence-corrected chi connectivity index (χ0v) is 25.1. The van der Waals surface area contributed by atoms with E-state index in [1.165, 1.54) is 55.3 Å². The molecule has 2 nitrogen and oxygen atoms in total. The Kier molecular flexibility index (Phi) is 6.73. The lowest BCUT2D eigenvalue weighted by Gasteiger charge is -2.26. The van der Waals surface area contributed by atoms with E-state index in [4.69, 9.17) is 0 Å². The number of benzene rings is 7. The van der Waals surface area contributed by atoms with Crippen molar-refractivity contribution in [2.45, 2.75) is 6.92 Å². The maximum Gasteiger partial charge on any atom is 0.0541 e. The Bertz CT molecular complexity index is 2250. The summed E-state index contributed by atoms with van der Waals surface area (Å²) < 4.78 is 2.38. The molecule has 0 amide bonds. The van der Waals surface area contributed by atoms with Crippen molar-refractivity contribution >= 4 is 38.9 Å². The van der Waals surface area contributed by atoms with Gasteiger partial charge in [0.1, 0.15) is 0 Å².